The molecule has 1 N–H and O–H groups in total. The Hall–Kier alpha value is -2.54. The molecule has 1 amide bonds. The maximum atomic E-state index is 12.8. The largest absolute Gasteiger partial charge is 0.497 e. The summed E-state index contributed by atoms with van der Waals surface area (Å²) >= 11 is 4.18. The molecular formula is C17H18FN3O2S. The van der Waals surface area contributed by atoms with Crippen molar-refractivity contribution in [2.75, 3.05) is 25.6 Å². The van der Waals surface area contributed by atoms with Crippen molar-refractivity contribution in [2.24, 2.45) is 4.99 Å². The molecule has 0 atom stereocenters. The second-order valence-corrected chi connectivity index (χ2v) is 5.34. The SMILES string of the molecule is COc1cccc(N(C)C(=O)CNC(S)=Nc2ccc(F)cc2)c1. The lowest BCUT2D eigenvalue weighted by molar-refractivity contribution is -0.117. The van der Waals surface area contributed by atoms with E-state index in [2.05, 4.69) is 22.9 Å². The van der Waals surface area contributed by atoms with Crippen LogP contribution in [0, 0.1) is 5.82 Å². The lowest BCUT2D eigenvalue weighted by Crippen LogP contribution is -2.36. The number of ether oxygens (including phenoxy) is 1. The Bertz CT molecular complexity index is 735. The summed E-state index contributed by atoms with van der Waals surface area (Å²) in [4.78, 5) is 17.9. The van der Waals surface area contributed by atoms with Crippen LogP contribution in [0.25, 0.3) is 0 Å². The fourth-order valence-corrected chi connectivity index (χ4v) is 2.11. The molecule has 7 heteroatoms. The number of nitrogens with zero attached hydrogens (tertiary/aromatic N) is 2. The predicted octanol–water partition coefficient (Wildman–Crippen LogP) is 3.00. The number of amides is 1. The summed E-state index contributed by atoms with van der Waals surface area (Å²) in [6.07, 6.45) is 0. The second-order valence-electron chi connectivity index (χ2n) is 4.92. The number of methoxy groups -OCH3 is 1. The van der Waals surface area contributed by atoms with Crippen LogP contribution in [0.2, 0.25) is 0 Å². The molecular weight excluding hydrogens is 329 g/mol. The highest BCUT2D eigenvalue weighted by Gasteiger charge is 2.11. The third-order valence-electron chi connectivity index (χ3n) is 3.27. The van der Waals surface area contributed by atoms with Gasteiger partial charge in [-0.15, -0.1) is 12.6 Å². The average Bonchev–Trinajstić information content (AvgIpc) is 2.61. The van der Waals surface area contributed by atoms with Crippen molar-refractivity contribution in [2.45, 2.75) is 0 Å². The Morgan fingerprint density at radius 2 is 2.00 bits per heavy atom. The zero-order valence-corrected chi connectivity index (χ0v) is 14.3. The first-order valence-electron chi connectivity index (χ1n) is 7.17. The Balaban J connectivity index is 1.95. The van der Waals surface area contributed by atoms with Gasteiger partial charge in [-0.05, 0) is 36.4 Å². The number of nitrogens with one attached hydrogen (secondary N) is 1. The van der Waals surface area contributed by atoms with Gasteiger partial charge in [0, 0.05) is 18.8 Å². The van der Waals surface area contributed by atoms with Crippen molar-refractivity contribution in [3.05, 3.63) is 54.3 Å². The minimum absolute atomic E-state index is 0.0250. The maximum absolute atomic E-state index is 12.8. The molecule has 2 rings (SSSR count). The Morgan fingerprint density at radius 1 is 1.29 bits per heavy atom. The van der Waals surface area contributed by atoms with Gasteiger partial charge in [0.15, 0.2) is 5.17 Å². The van der Waals surface area contributed by atoms with Crippen molar-refractivity contribution in [1.82, 2.24) is 5.32 Å². The van der Waals surface area contributed by atoms with E-state index < -0.39 is 0 Å². The highest BCUT2D eigenvalue weighted by Crippen LogP contribution is 2.19. The predicted molar refractivity (Wildman–Crippen MR) is 96.9 cm³/mol. The first-order chi connectivity index (χ1) is 11.5. The molecule has 0 spiro atoms. The number of hydrogen-bond donors (Lipinski definition) is 2. The molecule has 0 aliphatic heterocycles. The standard InChI is InChI=1S/C17H18FN3O2S/c1-21(14-4-3-5-15(10-14)23-2)16(22)11-19-17(24)20-13-8-6-12(18)7-9-13/h3-10H,11H2,1-2H3,(H2,19,20,24). The minimum atomic E-state index is -0.335. The molecule has 0 fully saturated rings. The topological polar surface area (TPSA) is 53.9 Å². The highest BCUT2D eigenvalue weighted by molar-refractivity contribution is 7.96. The van der Waals surface area contributed by atoms with Crippen LogP contribution < -0.4 is 15.0 Å². The van der Waals surface area contributed by atoms with E-state index in [1.165, 1.54) is 29.2 Å². The van der Waals surface area contributed by atoms with E-state index in [1.54, 1.807) is 26.3 Å². The van der Waals surface area contributed by atoms with Crippen molar-refractivity contribution in [3.8, 4) is 5.75 Å². The zero-order chi connectivity index (χ0) is 17.5. The molecule has 0 aliphatic carbocycles. The molecule has 0 radical (unpaired) electrons. The Labute approximate surface area is 145 Å². The van der Waals surface area contributed by atoms with Gasteiger partial charge in [0.2, 0.25) is 5.91 Å². The fraction of sp³-hybridized carbons (Fsp3) is 0.176. The second kappa shape index (κ2) is 8.35. The van der Waals surface area contributed by atoms with Gasteiger partial charge in [-0.3, -0.25) is 4.79 Å². The number of halogens is 1. The molecule has 24 heavy (non-hydrogen) atoms. The molecule has 0 saturated carbocycles. The molecule has 2 aromatic rings. The maximum Gasteiger partial charge on any atom is 0.246 e. The molecule has 0 heterocycles. The van der Waals surface area contributed by atoms with Crippen LogP contribution in [-0.4, -0.2) is 31.8 Å². The van der Waals surface area contributed by atoms with Gasteiger partial charge in [0.25, 0.3) is 0 Å². The van der Waals surface area contributed by atoms with Crippen molar-refractivity contribution < 1.29 is 13.9 Å². The summed E-state index contributed by atoms with van der Waals surface area (Å²) in [5.74, 6) is 0.176. The van der Waals surface area contributed by atoms with Crippen molar-refractivity contribution >= 4 is 35.1 Å². The number of likely N-dealkylation sites (N-methyl/N-ethyl adjacent to an activating group) is 1. The Morgan fingerprint density at radius 3 is 2.67 bits per heavy atom. The van der Waals surface area contributed by atoms with Crippen LogP contribution in [0.3, 0.4) is 0 Å². The van der Waals surface area contributed by atoms with Crippen LogP contribution in [-0.2, 0) is 4.79 Å². The molecule has 5 nitrogen and oxygen atoms in total. The van der Waals surface area contributed by atoms with E-state index in [4.69, 9.17) is 4.74 Å². The third kappa shape index (κ3) is 4.99. The van der Waals surface area contributed by atoms with Gasteiger partial charge in [0.1, 0.15) is 11.6 Å². The van der Waals surface area contributed by atoms with Crippen LogP contribution in [0.4, 0.5) is 15.8 Å². The minimum Gasteiger partial charge on any atom is -0.497 e. The quantitative estimate of drug-likeness (QED) is 0.497. The number of benzene rings is 2. The lowest BCUT2D eigenvalue weighted by Gasteiger charge is -2.18. The van der Waals surface area contributed by atoms with Crippen molar-refractivity contribution in [3.63, 3.8) is 0 Å². The third-order valence-corrected chi connectivity index (χ3v) is 3.53. The van der Waals surface area contributed by atoms with Gasteiger partial charge in [-0.25, -0.2) is 9.38 Å². The van der Waals surface area contributed by atoms with Gasteiger partial charge in [-0.2, -0.15) is 0 Å². The number of carbonyl (C=O) groups excluding carboxylic acids is 1. The lowest BCUT2D eigenvalue weighted by atomic mass is 10.2. The monoisotopic (exact) mass is 347 g/mol. The van der Waals surface area contributed by atoms with Gasteiger partial charge >= 0.3 is 0 Å². The normalized spacial score (nSPS) is 11.1. The van der Waals surface area contributed by atoms with Crippen LogP contribution in [0.15, 0.2) is 53.5 Å². The van der Waals surface area contributed by atoms with E-state index in [-0.39, 0.29) is 23.4 Å². The smallest absolute Gasteiger partial charge is 0.246 e. The number of hydrogen-bond acceptors (Lipinski definition) is 3. The number of carbonyl (C=O) groups is 1. The molecule has 0 unspecified atom stereocenters. The van der Waals surface area contributed by atoms with Crippen LogP contribution in [0.1, 0.15) is 0 Å². The van der Waals surface area contributed by atoms with Gasteiger partial charge in [0.05, 0.1) is 19.3 Å². The van der Waals surface area contributed by atoms with E-state index in [0.717, 1.165) is 5.69 Å². The van der Waals surface area contributed by atoms with E-state index >= 15 is 0 Å². The van der Waals surface area contributed by atoms with Gasteiger partial charge in [-0.1, -0.05) is 6.07 Å². The summed E-state index contributed by atoms with van der Waals surface area (Å²) in [5.41, 5.74) is 1.26. The first-order valence-corrected chi connectivity index (χ1v) is 7.62. The van der Waals surface area contributed by atoms with Crippen LogP contribution in [0.5, 0.6) is 5.75 Å². The summed E-state index contributed by atoms with van der Waals surface area (Å²) in [6, 6.07) is 12.9. The number of aliphatic imine (C=N–C) groups is 1. The molecule has 0 saturated heterocycles. The fourth-order valence-electron chi connectivity index (χ4n) is 1.91. The Kier molecular flexibility index (Phi) is 6.20. The van der Waals surface area contributed by atoms with Crippen molar-refractivity contribution in [1.29, 1.82) is 0 Å². The number of rotatable bonds is 5. The molecule has 0 bridgehead atoms. The molecule has 2 aromatic carbocycles. The number of anilines is 1. The zero-order valence-electron chi connectivity index (χ0n) is 13.4. The van der Waals surface area contributed by atoms with Gasteiger partial charge < -0.3 is 15.0 Å². The molecule has 0 aromatic heterocycles. The van der Waals surface area contributed by atoms with E-state index in [9.17, 15) is 9.18 Å². The number of thiol groups is 1. The average molecular weight is 347 g/mol. The highest BCUT2D eigenvalue weighted by atomic mass is 32.1. The molecule has 126 valence electrons. The molecule has 0 aliphatic rings. The summed E-state index contributed by atoms with van der Waals surface area (Å²) in [7, 11) is 3.25. The summed E-state index contributed by atoms with van der Waals surface area (Å²) in [5, 5.41) is 3.09. The number of amidine groups is 1. The van der Waals surface area contributed by atoms with Crippen LogP contribution >= 0.6 is 12.6 Å². The summed E-state index contributed by atoms with van der Waals surface area (Å²) < 4.78 is 18.0. The summed E-state index contributed by atoms with van der Waals surface area (Å²) in [6.45, 7) is 0.0250. The first kappa shape index (κ1) is 17.8. The van der Waals surface area contributed by atoms with E-state index in [0.29, 0.717) is 11.4 Å². The van der Waals surface area contributed by atoms with E-state index in [1.807, 2.05) is 12.1 Å².